The van der Waals surface area contributed by atoms with Crippen LogP contribution in [0.5, 0.6) is 0 Å². The lowest BCUT2D eigenvalue weighted by Crippen LogP contribution is -2.30. The molecule has 0 spiro atoms. The summed E-state index contributed by atoms with van der Waals surface area (Å²) in [6.07, 6.45) is 1.55. The van der Waals surface area contributed by atoms with Crippen LogP contribution in [0.2, 0.25) is 0 Å². The Balaban J connectivity index is 2.03. The normalized spacial score (nSPS) is 14.5. The van der Waals surface area contributed by atoms with Gasteiger partial charge in [0.1, 0.15) is 0 Å². The molecule has 82 valence electrons. The van der Waals surface area contributed by atoms with E-state index in [1.807, 2.05) is 30.3 Å². The van der Waals surface area contributed by atoms with Gasteiger partial charge in [0.05, 0.1) is 17.6 Å². The Morgan fingerprint density at radius 2 is 2.12 bits per heavy atom. The summed E-state index contributed by atoms with van der Waals surface area (Å²) in [5.41, 5.74) is 6.55. The SMILES string of the molecule is NC(=O)NC1=CSN(c2ccccc2)N=C1. The number of hydrogen-bond acceptors (Lipinski definition) is 4. The molecule has 0 aromatic heterocycles. The molecule has 2 rings (SSSR count). The van der Waals surface area contributed by atoms with Crippen molar-refractivity contribution in [1.82, 2.24) is 5.32 Å². The summed E-state index contributed by atoms with van der Waals surface area (Å²) in [7, 11) is 0. The smallest absolute Gasteiger partial charge is 0.316 e. The van der Waals surface area contributed by atoms with Crippen LogP contribution in [0.1, 0.15) is 0 Å². The van der Waals surface area contributed by atoms with Crippen LogP contribution in [0, 0.1) is 0 Å². The number of hydrogen-bond donors (Lipinski definition) is 2. The maximum atomic E-state index is 10.6. The van der Waals surface area contributed by atoms with Gasteiger partial charge in [0.2, 0.25) is 0 Å². The van der Waals surface area contributed by atoms with Gasteiger partial charge in [-0.25, -0.2) is 9.21 Å². The molecule has 16 heavy (non-hydrogen) atoms. The summed E-state index contributed by atoms with van der Waals surface area (Å²) in [5, 5.41) is 8.39. The van der Waals surface area contributed by atoms with Gasteiger partial charge in [0.25, 0.3) is 0 Å². The summed E-state index contributed by atoms with van der Waals surface area (Å²) in [6.45, 7) is 0. The van der Waals surface area contributed by atoms with E-state index in [-0.39, 0.29) is 0 Å². The van der Waals surface area contributed by atoms with Crippen molar-refractivity contribution < 1.29 is 4.79 Å². The number of anilines is 1. The molecule has 1 aliphatic heterocycles. The number of carbonyl (C=O) groups is 1. The van der Waals surface area contributed by atoms with Gasteiger partial charge in [0.15, 0.2) is 0 Å². The zero-order chi connectivity index (χ0) is 11.4. The molecule has 0 saturated heterocycles. The molecule has 0 radical (unpaired) electrons. The second-order valence-electron chi connectivity index (χ2n) is 3.02. The highest BCUT2D eigenvalue weighted by Gasteiger charge is 2.09. The number of benzene rings is 1. The average molecular weight is 234 g/mol. The zero-order valence-electron chi connectivity index (χ0n) is 8.33. The van der Waals surface area contributed by atoms with Crippen molar-refractivity contribution in [3.05, 3.63) is 41.4 Å². The average Bonchev–Trinajstić information content (AvgIpc) is 2.30. The Labute approximate surface area is 97.1 Å². The Hall–Kier alpha value is -1.95. The van der Waals surface area contributed by atoms with E-state index in [9.17, 15) is 4.79 Å². The van der Waals surface area contributed by atoms with E-state index in [2.05, 4.69) is 10.4 Å². The fourth-order valence-corrected chi connectivity index (χ4v) is 1.84. The Morgan fingerprint density at radius 1 is 1.38 bits per heavy atom. The molecule has 0 atom stereocenters. The van der Waals surface area contributed by atoms with Crippen LogP contribution in [0.3, 0.4) is 0 Å². The molecule has 0 unspecified atom stereocenters. The van der Waals surface area contributed by atoms with Crippen molar-refractivity contribution in [3.63, 3.8) is 0 Å². The van der Waals surface area contributed by atoms with Crippen LogP contribution in [-0.4, -0.2) is 12.2 Å². The van der Waals surface area contributed by atoms with Crippen LogP contribution in [0.4, 0.5) is 10.5 Å². The third-order valence-electron chi connectivity index (χ3n) is 1.83. The molecule has 1 heterocycles. The zero-order valence-corrected chi connectivity index (χ0v) is 9.15. The van der Waals surface area contributed by atoms with Crippen molar-refractivity contribution in [2.24, 2.45) is 10.8 Å². The first kappa shape index (κ1) is 10.6. The first-order chi connectivity index (χ1) is 7.75. The number of urea groups is 1. The van der Waals surface area contributed by atoms with E-state index in [1.165, 1.54) is 11.9 Å². The summed E-state index contributed by atoms with van der Waals surface area (Å²) >= 11 is 1.37. The number of nitrogens with zero attached hydrogens (tertiary/aromatic N) is 2. The molecule has 1 aromatic rings. The van der Waals surface area contributed by atoms with Gasteiger partial charge in [0, 0.05) is 17.4 Å². The van der Waals surface area contributed by atoms with Gasteiger partial charge in [-0.05, 0) is 12.1 Å². The molecular formula is C10H10N4OS. The lowest BCUT2D eigenvalue weighted by Gasteiger charge is -2.19. The van der Waals surface area contributed by atoms with Gasteiger partial charge in [-0.1, -0.05) is 18.2 Å². The monoisotopic (exact) mass is 234 g/mol. The van der Waals surface area contributed by atoms with Gasteiger partial charge in [-0.3, -0.25) is 0 Å². The highest BCUT2D eigenvalue weighted by Crippen LogP contribution is 2.25. The third kappa shape index (κ3) is 2.54. The van der Waals surface area contributed by atoms with E-state index < -0.39 is 6.03 Å². The Morgan fingerprint density at radius 3 is 2.69 bits per heavy atom. The number of nitrogens with one attached hydrogen (secondary N) is 1. The number of nitrogens with two attached hydrogens (primary N) is 1. The van der Waals surface area contributed by atoms with Crippen molar-refractivity contribution in [2.45, 2.75) is 0 Å². The van der Waals surface area contributed by atoms with Gasteiger partial charge in [-0.15, -0.1) is 0 Å². The first-order valence-corrected chi connectivity index (χ1v) is 5.42. The minimum Gasteiger partial charge on any atom is -0.351 e. The molecule has 0 bridgehead atoms. The predicted octanol–water partition coefficient (Wildman–Crippen LogP) is 1.65. The second kappa shape index (κ2) is 4.71. The van der Waals surface area contributed by atoms with Crippen LogP contribution >= 0.6 is 11.9 Å². The number of allylic oxidation sites excluding steroid dienone is 1. The van der Waals surface area contributed by atoms with E-state index in [0.717, 1.165) is 5.69 Å². The molecule has 0 saturated carbocycles. The summed E-state index contributed by atoms with van der Waals surface area (Å²) < 4.78 is 1.74. The van der Waals surface area contributed by atoms with E-state index >= 15 is 0 Å². The van der Waals surface area contributed by atoms with Crippen LogP contribution in [0.15, 0.2) is 46.5 Å². The molecular weight excluding hydrogens is 224 g/mol. The number of primary amides is 1. The Bertz CT molecular complexity index is 443. The van der Waals surface area contributed by atoms with E-state index in [4.69, 9.17) is 5.73 Å². The van der Waals surface area contributed by atoms with Gasteiger partial charge in [-0.2, -0.15) is 5.10 Å². The molecule has 5 nitrogen and oxygen atoms in total. The lowest BCUT2D eigenvalue weighted by atomic mass is 10.3. The molecule has 0 aliphatic carbocycles. The molecule has 1 aliphatic rings. The summed E-state index contributed by atoms with van der Waals surface area (Å²) in [5.74, 6) is 0. The second-order valence-corrected chi connectivity index (χ2v) is 3.81. The number of hydrazone groups is 1. The molecule has 2 amide bonds. The predicted molar refractivity (Wildman–Crippen MR) is 65.8 cm³/mol. The fraction of sp³-hybridized carbons (Fsp3) is 0. The molecule has 3 N–H and O–H groups in total. The van der Waals surface area contributed by atoms with Gasteiger partial charge < -0.3 is 11.1 Å². The first-order valence-electron chi connectivity index (χ1n) is 4.58. The van der Waals surface area contributed by atoms with E-state index in [1.54, 1.807) is 16.0 Å². The van der Waals surface area contributed by atoms with Gasteiger partial charge >= 0.3 is 6.03 Å². The highest BCUT2D eigenvalue weighted by atomic mass is 32.2. The standard InChI is InChI=1S/C10H10N4OS/c11-10(15)13-8-6-12-14(16-7-8)9-4-2-1-3-5-9/h1-7H,(H3,11,13,15). The molecule has 6 heteroatoms. The quantitative estimate of drug-likeness (QED) is 0.764. The third-order valence-corrected chi connectivity index (χ3v) is 2.69. The largest absolute Gasteiger partial charge is 0.351 e. The maximum Gasteiger partial charge on any atom is 0.316 e. The fourth-order valence-electron chi connectivity index (χ4n) is 1.17. The minimum absolute atomic E-state index is 0.588. The van der Waals surface area contributed by atoms with E-state index in [0.29, 0.717) is 5.70 Å². The van der Waals surface area contributed by atoms with Crippen LogP contribution < -0.4 is 15.5 Å². The number of rotatable bonds is 2. The van der Waals surface area contributed by atoms with Crippen molar-refractivity contribution in [1.29, 1.82) is 0 Å². The number of para-hydroxylation sites is 1. The van der Waals surface area contributed by atoms with Crippen molar-refractivity contribution in [3.8, 4) is 0 Å². The van der Waals surface area contributed by atoms with Crippen molar-refractivity contribution in [2.75, 3.05) is 4.41 Å². The lowest BCUT2D eigenvalue weighted by molar-refractivity contribution is 0.251. The number of carbonyl (C=O) groups excluding carboxylic acids is 1. The molecule has 1 aromatic carbocycles. The van der Waals surface area contributed by atoms with Crippen LogP contribution in [0.25, 0.3) is 0 Å². The number of amides is 2. The Kier molecular flexibility index (Phi) is 3.11. The topological polar surface area (TPSA) is 70.7 Å². The summed E-state index contributed by atoms with van der Waals surface area (Å²) in [4.78, 5) is 10.6. The minimum atomic E-state index is -0.591. The summed E-state index contributed by atoms with van der Waals surface area (Å²) in [6, 6.07) is 9.12. The van der Waals surface area contributed by atoms with Crippen molar-refractivity contribution >= 4 is 29.9 Å². The van der Waals surface area contributed by atoms with Crippen LogP contribution in [-0.2, 0) is 0 Å². The molecule has 0 fully saturated rings. The highest BCUT2D eigenvalue weighted by molar-refractivity contribution is 8.03. The maximum absolute atomic E-state index is 10.6.